The lowest BCUT2D eigenvalue weighted by Gasteiger charge is -2.31. The summed E-state index contributed by atoms with van der Waals surface area (Å²) < 4.78 is 0. The Morgan fingerprint density at radius 1 is 1.43 bits per heavy atom. The second-order valence-corrected chi connectivity index (χ2v) is 7.15. The average Bonchev–Trinajstić information content (AvgIpc) is 2.97. The van der Waals surface area contributed by atoms with E-state index >= 15 is 0 Å². The van der Waals surface area contributed by atoms with Gasteiger partial charge in [-0.15, -0.1) is 36.2 Å². The Balaban J connectivity index is 0.00000242. The van der Waals surface area contributed by atoms with Crippen LogP contribution in [0, 0.1) is 5.92 Å². The molecular weight excluding hydrogens is 353 g/mol. The van der Waals surface area contributed by atoms with E-state index in [9.17, 15) is 4.79 Å². The summed E-state index contributed by atoms with van der Waals surface area (Å²) in [5.41, 5.74) is 5.67. The van der Waals surface area contributed by atoms with E-state index in [2.05, 4.69) is 27.7 Å². The van der Waals surface area contributed by atoms with Crippen molar-refractivity contribution in [1.29, 1.82) is 0 Å². The average molecular weight is 382 g/mol. The largest absolute Gasteiger partial charge is 0.356 e. The first-order valence-electron chi connectivity index (χ1n) is 7.90. The smallest absolute Gasteiger partial charge is 0.220 e. The number of rotatable bonds is 7. The van der Waals surface area contributed by atoms with Crippen LogP contribution in [-0.2, 0) is 11.3 Å². The van der Waals surface area contributed by atoms with Crippen molar-refractivity contribution in [2.45, 2.75) is 45.2 Å². The summed E-state index contributed by atoms with van der Waals surface area (Å²) in [6, 6.07) is 4.43. The highest BCUT2D eigenvalue weighted by Gasteiger charge is 2.19. The number of piperidine rings is 1. The maximum absolute atomic E-state index is 11.7. The zero-order valence-corrected chi connectivity index (χ0v) is 16.2. The molecule has 3 N–H and O–H groups in total. The first-order valence-corrected chi connectivity index (χ1v) is 8.78. The van der Waals surface area contributed by atoms with Gasteiger partial charge >= 0.3 is 0 Å². The van der Waals surface area contributed by atoms with Crippen molar-refractivity contribution < 1.29 is 4.79 Å². The molecule has 134 valence electrons. The molecule has 0 aromatic carbocycles. The summed E-state index contributed by atoms with van der Waals surface area (Å²) in [4.78, 5) is 15.6. The molecule has 1 unspecified atom stereocenters. The fourth-order valence-electron chi connectivity index (χ4n) is 2.68. The molecule has 0 radical (unpaired) electrons. The minimum absolute atomic E-state index is 0. The third-order valence-electron chi connectivity index (χ3n) is 4.08. The molecule has 1 amide bonds. The van der Waals surface area contributed by atoms with E-state index in [4.69, 9.17) is 5.73 Å². The van der Waals surface area contributed by atoms with Gasteiger partial charge in [-0.05, 0) is 56.6 Å². The maximum Gasteiger partial charge on any atom is 0.220 e. The van der Waals surface area contributed by atoms with Crippen molar-refractivity contribution in [3.63, 3.8) is 0 Å². The molecule has 23 heavy (non-hydrogen) atoms. The van der Waals surface area contributed by atoms with Crippen LogP contribution in [-0.4, -0.2) is 36.5 Å². The molecule has 2 heterocycles. The number of nitrogens with zero attached hydrogens (tertiary/aromatic N) is 1. The molecule has 0 bridgehead atoms. The lowest BCUT2D eigenvalue weighted by atomic mass is 9.96. The van der Waals surface area contributed by atoms with Gasteiger partial charge in [0.15, 0.2) is 0 Å². The van der Waals surface area contributed by atoms with E-state index in [0.29, 0.717) is 12.3 Å². The van der Waals surface area contributed by atoms with Gasteiger partial charge in [0.1, 0.15) is 0 Å². The highest BCUT2D eigenvalue weighted by molar-refractivity contribution is 7.09. The minimum Gasteiger partial charge on any atom is -0.356 e. The van der Waals surface area contributed by atoms with Crippen molar-refractivity contribution in [2.24, 2.45) is 11.7 Å². The molecule has 1 aliphatic rings. The van der Waals surface area contributed by atoms with E-state index in [1.807, 2.05) is 18.3 Å². The molecule has 1 aliphatic heterocycles. The van der Waals surface area contributed by atoms with Crippen molar-refractivity contribution in [2.75, 3.05) is 19.6 Å². The summed E-state index contributed by atoms with van der Waals surface area (Å²) >= 11 is 1.83. The molecule has 1 saturated heterocycles. The van der Waals surface area contributed by atoms with E-state index in [-0.39, 0.29) is 36.8 Å². The molecule has 0 aliphatic carbocycles. The summed E-state index contributed by atoms with van der Waals surface area (Å²) in [7, 11) is 0. The normalized spacial score (nSPS) is 17.0. The first-order chi connectivity index (χ1) is 10.1. The quantitative estimate of drug-likeness (QED) is 0.762. The fraction of sp³-hybridized carbons (Fsp3) is 0.688. The lowest BCUT2D eigenvalue weighted by Crippen LogP contribution is -2.38. The van der Waals surface area contributed by atoms with Gasteiger partial charge in [-0.25, -0.2) is 0 Å². The topological polar surface area (TPSA) is 58.4 Å². The predicted molar refractivity (Wildman–Crippen MR) is 103 cm³/mol. The first kappa shape index (κ1) is 22.7. The third kappa shape index (κ3) is 8.91. The molecule has 0 saturated carbocycles. The molecule has 1 fully saturated rings. The van der Waals surface area contributed by atoms with Gasteiger partial charge in [0.2, 0.25) is 5.91 Å². The Morgan fingerprint density at radius 2 is 2.13 bits per heavy atom. The van der Waals surface area contributed by atoms with Crippen LogP contribution in [0.3, 0.4) is 0 Å². The predicted octanol–water partition coefficient (Wildman–Crippen LogP) is 3.05. The van der Waals surface area contributed by atoms with Crippen molar-refractivity contribution in [3.8, 4) is 0 Å². The van der Waals surface area contributed by atoms with Crippen molar-refractivity contribution >= 4 is 42.1 Å². The monoisotopic (exact) mass is 381 g/mol. The SMILES string of the molecule is CC(N)CCC(=O)NCC1CCN(Cc2cccs2)CC1.Cl.Cl. The van der Waals surface area contributed by atoms with Crippen LogP contribution in [0.15, 0.2) is 17.5 Å². The van der Waals surface area contributed by atoms with Crippen LogP contribution in [0.2, 0.25) is 0 Å². The summed E-state index contributed by atoms with van der Waals surface area (Å²) in [5, 5.41) is 5.20. The number of thiophene rings is 1. The number of nitrogens with two attached hydrogens (primary N) is 1. The van der Waals surface area contributed by atoms with Gasteiger partial charge in [0.25, 0.3) is 0 Å². The standard InChI is InChI=1S/C16H27N3OS.2ClH/c1-13(17)4-5-16(20)18-11-14-6-8-19(9-7-14)12-15-3-2-10-21-15;;/h2-3,10,13-14H,4-9,11-12,17H2,1H3,(H,18,20);2*1H. The number of carbonyl (C=O) groups is 1. The van der Waals surface area contributed by atoms with E-state index in [1.54, 1.807) is 0 Å². The molecule has 2 rings (SSSR count). The number of nitrogens with one attached hydrogen (secondary N) is 1. The number of hydrogen-bond acceptors (Lipinski definition) is 4. The van der Waals surface area contributed by atoms with Gasteiger partial charge in [-0.3, -0.25) is 9.69 Å². The van der Waals surface area contributed by atoms with Gasteiger partial charge in [0.05, 0.1) is 0 Å². The Hall–Kier alpha value is -0.330. The Morgan fingerprint density at radius 3 is 2.70 bits per heavy atom. The van der Waals surface area contributed by atoms with E-state index < -0.39 is 0 Å². The molecular formula is C16H29Cl2N3OS. The van der Waals surface area contributed by atoms with E-state index in [1.165, 1.54) is 17.7 Å². The minimum atomic E-state index is 0. The molecule has 7 heteroatoms. The van der Waals surface area contributed by atoms with E-state index in [0.717, 1.165) is 32.6 Å². The number of amides is 1. The number of carbonyl (C=O) groups excluding carboxylic acids is 1. The Bertz CT molecular complexity index is 421. The van der Waals surface area contributed by atoms with Gasteiger partial charge < -0.3 is 11.1 Å². The number of halogens is 2. The van der Waals surface area contributed by atoms with Crippen LogP contribution in [0.1, 0.15) is 37.5 Å². The van der Waals surface area contributed by atoms with Gasteiger partial charge in [0, 0.05) is 30.4 Å². The fourth-order valence-corrected chi connectivity index (χ4v) is 3.42. The van der Waals surface area contributed by atoms with Crippen LogP contribution < -0.4 is 11.1 Å². The number of likely N-dealkylation sites (tertiary alicyclic amines) is 1. The summed E-state index contributed by atoms with van der Waals surface area (Å²) in [5.74, 6) is 0.775. The molecule has 4 nitrogen and oxygen atoms in total. The zero-order valence-electron chi connectivity index (χ0n) is 13.7. The van der Waals surface area contributed by atoms with Crippen LogP contribution in [0.5, 0.6) is 0 Å². The summed E-state index contributed by atoms with van der Waals surface area (Å²) in [6.45, 7) is 6.11. The van der Waals surface area contributed by atoms with Crippen molar-refractivity contribution in [3.05, 3.63) is 22.4 Å². The maximum atomic E-state index is 11.7. The second-order valence-electron chi connectivity index (χ2n) is 6.12. The third-order valence-corrected chi connectivity index (χ3v) is 4.94. The highest BCUT2D eigenvalue weighted by Crippen LogP contribution is 2.20. The molecule has 1 aromatic rings. The second kappa shape index (κ2) is 12.1. The van der Waals surface area contributed by atoms with Crippen molar-refractivity contribution in [1.82, 2.24) is 10.2 Å². The Labute approximate surface area is 156 Å². The molecule has 1 aromatic heterocycles. The van der Waals surface area contributed by atoms with Gasteiger partial charge in [-0.2, -0.15) is 0 Å². The Kier molecular flexibility index (Phi) is 11.9. The lowest BCUT2D eigenvalue weighted by molar-refractivity contribution is -0.121. The molecule has 0 spiro atoms. The zero-order chi connectivity index (χ0) is 15.1. The molecule has 1 atom stereocenters. The van der Waals surface area contributed by atoms with Crippen LogP contribution >= 0.6 is 36.2 Å². The van der Waals surface area contributed by atoms with Crippen LogP contribution in [0.25, 0.3) is 0 Å². The number of hydrogen-bond donors (Lipinski definition) is 2. The summed E-state index contributed by atoms with van der Waals surface area (Å²) in [6.07, 6.45) is 3.68. The van der Waals surface area contributed by atoms with Gasteiger partial charge in [-0.1, -0.05) is 6.07 Å². The van der Waals surface area contributed by atoms with Crippen LogP contribution in [0.4, 0.5) is 0 Å². The highest BCUT2D eigenvalue weighted by atomic mass is 35.5.